The molecule has 0 aliphatic rings. The second-order valence-electron chi connectivity index (χ2n) is 2.36. The summed E-state index contributed by atoms with van der Waals surface area (Å²) in [5.41, 5.74) is 0. The van der Waals surface area contributed by atoms with Crippen LogP contribution in [0.1, 0.15) is 18.7 Å². The van der Waals surface area contributed by atoms with Crippen molar-refractivity contribution >= 4 is 0 Å². The Bertz CT molecular complexity index is 237. The molecule has 1 rings (SSSR count). The summed E-state index contributed by atoms with van der Waals surface area (Å²) in [6.45, 7) is 0.386. The number of aliphatic hydroxyl groups excluding tert-OH is 1. The van der Waals surface area contributed by atoms with Gasteiger partial charge in [0.15, 0.2) is 5.82 Å². The lowest BCUT2D eigenvalue weighted by Gasteiger charge is -2.04. The number of halogens is 2. The quantitative estimate of drug-likeness (QED) is 0.748. The summed E-state index contributed by atoms with van der Waals surface area (Å²) in [6, 6.07) is 0. The summed E-state index contributed by atoms with van der Waals surface area (Å²) in [6.07, 6.45) is 0.741. The van der Waals surface area contributed by atoms with Gasteiger partial charge in [0, 0.05) is 25.5 Å². The lowest BCUT2D eigenvalue weighted by atomic mass is 10.4. The lowest BCUT2D eigenvalue weighted by Crippen LogP contribution is -2.04. The number of aryl methyl sites for hydroxylation is 1. The largest absolute Gasteiger partial charge is 0.396 e. The molecule has 68 valence electrons. The maximum absolute atomic E-state index is 12.1. The number of rotatable bonds is 4. The molecule has 0 aromatic carbocycles. The van der Waals surface area contributed by atoms with Crippen LogP contribution in [0.25, 0.3) is 0 Å². The Morgan fingerprint density at radius 3 is 2.92 bits per heavy atom. The summed E-state index contributed by atoms with van der Waals surface area (Å²) in [7, 11) is 0. The third-order valence-corrected chi connectivity index (χ3v) is 1.50. The Morgan fingerprint density at radius 1 is 1.58 bits per heavy atom. The first kappa shape index (κ1) is 9.12. The van der Waals surface area contributed by atoms with E-state index in [1.807, 2.05) is 0 Å². The van der Waals surface area contributed by atoms with Crippen LogP contribution in [0.4, 0.5) is 8.78 Å². The molecule has 3 nitrogen and oxygen atoms in total. The van der Waals surface area contributed by atoms with Crippen molar-refractivity contribution in [2.75, 3.05) is 6.61 Å². The lowest BCUT2D eigenvalue weighted by molar-refractivity contribution is 0.134. The Kier molecular flexibility index (Phi) is 3.16. The molecule has 12 heavy (non-hydrogen) atoms. The van der Waals surface area contributed by atoms with Gasteiger partial charge in [-0.05, 0) is 6.42 Å². The van der Waals surface area contributed by atoms with Crippen LogP contribution >= 0.6 is 0 Å². The first-order chi connectivity index (χ1) is 5.75. The molecule has 5 heteroatoms. The van der Waals surface area contributed by atoms with E-state index < -0.39 is 6.43 Å². The highest BCUT2D eigenvalue weighted by Crippen LogP contribution is 2.16. The van der Waals surface area contributed by atoms with E-state index in [2.05, 4.69) is 4.98 Å². The van der Waals surface area contributed by atoms with E-state index in [1.165, 1.54) is 17.0 Å². The van der Waals surface area contributed by atoms with E-state index in [0.29, 0.717) is 13.0 Å². The van der Waals surface area contributed by atoms with Crippen molar-refractivity contribution < 1.29 is 13.9 Å². The van der Waals surface area contributed by atoms with Crippen molar-refractivity contribution in [1.82, 2.24) is 9.55 Å². The van der Waals surface area contributed by atoms with E-state index in [9.17, 15) is 8.78 Å². The molecule has 1 N–H and O–H groups in total. The zero-order valence-corrected chi connectivity index (χ0v) is 6.45. The van der Waals surface area contributed by atoms with Gasteiger partial charge < -0.3 is 9.67 Å². The van der Waals surface area contributed by atoms with E-state index in [4.69, 9.17) is 5.11 Å². The molecule has 0 atom stereocenters. The van der Waals surface area contributed by atoms with Crippen molar-refractivity contribution in [1.29, 1.82) is 0 Å². The Balaban J connectivity index is 2.64. The first-order valence-electron chi connectivity index (χ1n) is 3.65. The third-order valence-electron chi connectivity index (χ3n) is 1.50. The predicted octanol–water partition coefficient (Wildman–Crippen LogP) is 1.20. The number of hydrogen-bond acceptors (Lipinski definition) is 2. The fourth-order valence-electron chi connectivity index (χ4n) is 0.953. The molecule has 1 aromatic heterocycles. The standard InChI is InChI=1S/C7H10F2N2O/c8-6(9)7-10-2-4-11(7)3-1-5-12/h2,4,6,12H,1,3,5H2. The van der Waals surface area contributed by atoms with Gasteiger partial charge in [-0.1, -0.05) is 0 Å². The fourth-order valence-corrected chi connectivity index (χ4v) is 0.953. The maximum Gasteiger partial charge on any atom is 0.295 e. The molecule has 0 aliphatic carbocycles. The van der Waals surface area contributed by atoms with Crippen LogP contribution in [-0.2, 0) is 6.54 Å². The summed E-state index contributed by atoms with van der Waals surface area (Å²) in [4.78, 5) is 3.50. The number of imidazole rings is 1. The van der Waals surface area contributed by atoms with Gasteiger partial charge in [0.1, 0.15) is 0 Å². The number of aromatic nitrogens is 2. The van der Waals surface area contributed by atoms with Crippen molar-refractivity contribution in [2.24, 2.45) is 0 Å². The Labute approximate surface area is 68.7 Å². The normalized spacial score (nSPS) is 11.0. The van der Waals surface area contributed by atoms with Gasteiger partial charge in [-0.15, -0.1) is 0 Å². The molecule has 0 aliphatic heterocycles. The van der Waals surface area contributed by atoms with Crippen molar-refractivity contribution in [3.05, 3.63) is 18.2 Å². The average molecular weight is 176 g/mol. The maximum atomic E-state index is 12.1. The van der Waals surface area contributed by atoms with Gasteiger partial charge in [0.25, 0.3) is 6.43 Å². The summed E-state index contributed by atoms with van der Waals surface area (Å²) in [5.74, 6) is -0.233. The monoisotopic (exact) mass is 176 g/mol. The van der Waals surface area contributed by atoms with Crippen LogP contribution < -0.4 is 0 Å². The molecule has 0 fully saturated rings. The highest BCUT2D eigenvalue weighted by Gasteiger charge is 2.12. The van der Waals surface area contributed by atoms with Crippen LogP contribution in [0.15, 0.2) is 12.4 Å². The summed E-state index contributed by atoms with van der Waals surface area (Å²) in [5, 5.41) is 8.47. The van der Waals surface area contributed by atoms with Crippen molar-refractivity contribution in [3.63, 3.8) is 0 Å². The SMILES string of the molecule is OCCCn1ccnc1C(F)F. The molecule has 0 spiro atoms. The molecular formula is C7H10F2N2O. The fraction of sp³-hybridized carbons (Fsp3) is 0.571. The molecule has 0 unspecified atom stereocenters. The Hall–Kier alpha value is -0.970. The molecule has 0 saturated heterocycles. The van der Waals surface area contributed by atoms with Gasteiger partial charge in [0.05, 0.1) is 0 Å². The van der Waals surface area contributed by atoms with E-state index in [1.54, 1.807) is 0 Å². The van der Waals surface area contributed by atoms with Gasteiger partial charge in [-0.2, -0.15) is 0 Å². The van der Waals surface area contributed by atoms with Crippen molar-refractivity contribution in [2.45, 2.75) is 19.4 Å². The van der Waals surface area contributed by atoms with Crippen LogP contribution in [-0.4, -0.2) is 21.3 Å². The van der Waals surface area contributed by atoms with E-state index in [0.717, 1.165) is 0 Å². The zero-order chi connectivity index (χ0) is 8.97. The number of alkyl halides is 2. The number of aliphatic hydroxyl groups is 1. The molecule has 0 amide bonds. The molecule has 1 heterocycles. The van der Waals surface area contributed by atoms with Crippen LogP contribution in [0.2, 0.25) is 0 Å². The number of nitrogens with zero attached hydrogens (tertiary/aromatic N) is 2. The second-order valence-corrected chi connectivity index (χ2v) is 2.36. The van der Waals surface area contributed by atoms with Crippen LogP contribution in [0.5, 0.6) is 0 Å². The number of hydrogen-bond donors (Lipinski definition) is 1. The second kappa shape index (κ2) is 4.15. The minimum absolute atomic E-state index is 0.000851. The minimum Gasteiger partial charge on any atom is -0.396 e. The van der Waals surface area contributed by atoms with Gasteiger partial charge in [0.2, 0.25) is 0 Å². The third kappa shape index (κ3) is 2.01. The Morgan fingerprint density at radius 2 is 2.33 bits per heavy atom. The molecule has 0 bridgehead atoms. The zero-order valence-electron chi connectivity index (χ0n) is 6.45. The molecule has 0 saturated carbocycles. The first-order valence-corrected chi connectivity index (χ1v) is 3.65. The molecule has 1 aromatic rings. The predicted molar refractivity (Wildman–Crippen MR) is 38.9 cm³/mol. The van der Waals surface area contributed by atoms with Gasteiger partial charge >= 0.3 is 0 Å². The van der Waals surface area contributed by atoms with E-state index >= 15 is 0 Å². The summed E-state index contributed by atoms with van der Waals surface area (Å²) >= 11 is 0. The smallest absolute Gasteiger partial charge is 0.295 e. The highest BCUT2D eigenvalue weighted by molar-refractivity contribution is 4.93. The van der Waals surface area contributed by atoms with Crippen LogP contribution in [0.3, 0.4) is 0 Å². The molecule has 0 radical (unpaired) electrons. The molecular weight excluding hydrogens is 166 g/mol. The topological polar surface area (TPSA) is 38.0 Å². The minimum atomic E-state index is -2.54. The van der Waals surface area contributed by atoms with Gasteiger partial charge in [-0.3, -0.25) is 0 Å². The highest BCUT2D eigenvalue weighted by atomic mass is 19.3. The van der Waals surface area contributed by atoms with E-state index in [-0.39, 0.29) is 12.4 Å². The average Bonchev–Trinajstić information content (AvgIpc) is 2.48. The summed E-state index contributed by atoms with van der Waals surface area (Å²) < 4.78 is 25.6. The van der Waals surface area contributed by atoms with Crippen molar-refractivity contribution in [3.8, 4) is 0 Å². The van der Waals surface area contributed by atoms with Gasteiger partial charge in [-0.25, -0.2) is 13.8 Å². The van der Waals surface area contributed by atoms with Crippen LogP contribution in [0, 0.1) is 0 Å².